The molecular formula is C20H19N3O3. The van der Waals surface area contributed by atoms with Gasteiger partial charge in [0.15, 0.2) is 5.78 Å². The Morgan fingerprint density at radius 1 is 1.08 bits per heavy atom. The average molecular weight is 349 g/mol. The first-order valence-electron chi connectivity index (χ1n) is 8.82. The first kappa shape index (κ1) is 16.4. The largest absolute Gasteiger partial charge is 0.289 e. The van der Waals surface area contributed by atoms with Crippen molar-refractivity contribution in [3.63, 3.8) is 0 Å². The van der Waals surface area contributed by atoms with Crippen molar-refractivity contribution in [2.45, 2.75) is 32.2 Å². The van der Waals surface area contributed by atoms with Crippen LogP contribution in [0, 0.1) is 5.92 Å². The molecule has 1 saturated carbocycles. The van der Waals surface area contributed by atoms with Crippen LogP contribution in [0.4, 0.5) is 5.69 Å². The molecule has 0 unspecified atom stereocenters. The van der Waals surface area contributed by atoms with Gasteiger partial charge in [-0.15, -0.1) is 0 Å². The summed E-state index contributed by atoms with van der Waals surface area (Å²) in [4.78, 5) is 37.1. The Kier molecular flexibility index (Phi) is 4.24. The quantitative estimate of drug-likeness (QED) is 0.457. The lowest BCUT2D eigenvalue weighted by Gasteiger charge is -2.13. The lowest BCUT2D eigenvalue weighted by molar-refractivity contribution is -0.121. The van der Waals surface area contributed by atoms with Crippen LogP contribution in [0.2, 0.25) is 0 Å². The minimum atomic E-state index is -0.196. The van der Waals surface area contributed by atoms with Crippen molar-refractivity contribution in [2.75, 3.05) is 4.90 Å². The third kappa shape index (κ3) is 3.35. The molecule has 2 heterocycles. The molecule has 4 rings (SSSR count). The van der Waals surface area contributed by atoms with Gasteiger partial charge in [0.1, 0.15) is 0 Å². The van der Waals surface area contributed by atoms with Crippen LogP contribution in [0.1, 0.15) is 41.7 Å². The Balaban J connectivity index is 1.46. The summed E-state index contributed by atoms with van der Waals surface area (Å²) in [7, 11) is 0. The average Bonchev–Trinajstić information content (AvgIpc) is 3.25. The van der Waals surface area contributed by atoms with E-state index >= 15 is 0 Å². The Hall–Kier alpha value is -3.02. The number of carbonyl (C=O) groups is 3. The van der Waals surface area contributed by atoms with Gasteiger partial charge < -0.3 is 0 Å². The topological polar surface area (TPSA) is 72.3 Å². The lowest BCUT2D eigenvalue weighted by atomic mass is 10.1. The minimum Gasteiger partial charge on any atom is -0.289 e. The van der Waals surface area contributed by atoms with Crippen LogP contribution in [0.3, 0.4) is 0 Å². The van der Waals surface area contributed by atoms with Crippen molar-refractivity contribution >= 4 is 29.4 Å². The number of imide groups is 1. The molecule has 0 atom stereocenters. The second-order valence-electron chi connectivity index (χ2n) is 6.75. The fraction of sp³-hybridized carbons (Fsp3) is 0.300. The molecule has 2 aromatic rings. The SMILES string of the molecule is O=C(C=Cc1ccnn1CC1CC1)c1ccc(N2C(=O)CCC2=O)cc1. The summed E-state index contributed by atoms with van der Waals surface area (Å²) < 4.78 is 1.93. The highest BCUT2D eigenvalue weighted by molar-refractivity contribution is 6.20. The summed E-state index contributed by atoms with van der Waals surface area (Å²) in [6.07, 6.45) is 8.03. The number of hydrogen-bond donors (Lipinski definition) is 0. The van der Waals surface area contributed by atoms with Gasteiger partial charge in [0.05, 0.1) is 11.4 Å². The van der Waals surface area contributed by atoms with Crippen LogP contribution in [-0.2, 0) is 16.1 Å². The van der Waals surface area contributed by atoms with Gasteiger partial charge >= 0.3 is 0 Å². The van der Waals surface area contributed by atoms with E-state index in [-0.39, 0.29) is 30.4 Å². The molecule has 0 bridgehead atoms. The maximum absolute atomic E-state index is 12.4. The van der Waals surface area contributed by atoms with Crippen molar-refractivity contribution in [3.8, 4) is 0 Å². The minimum absolute atomic E-state index is 0.130. The van der Waals surface area contributed by atoms with Crippen LogP contribution in [0.5, 0.6) is 0 Å². The molecule has 1 aromatic carbocycles. The molecule has 1 aliphatic carbocycles. The maximum Gasteiger partial charge on any atom is 0.234 e. The molecule has 0 N–H and O–H groups in total. The first-order valence-corrected chi connectivity index (χ1v) is 8.82. The van der Waals surface area contributed by atoms with Gasteiger partial charge in [-0.1, -0.05) is 0 Å². The van der Waals surface area contributed by atoms with Gasteiger partial charge in [0.2, 0.25) is 11.8 Å². The van der Waals surface area contributed by atoms with Crippen LogP contribution in [0.15, 0.2) is 42.6 Å². The van der Waals surface area contributed by atoms with Crippen LogP contribution >= 0.6 is 0 Å². The molecular weight excluding hydrogens is 330 g/mol. The molecule has 2 amide bonds. The fourth-order valence-corrected chi connectivity index (χ4v) is 3.08. The van der Waals surface area contributed by atoms with Crippen molar-refractivity contribution < 1.29 is 14.4 Å². The van der Waals surface area contributed by atoms with E-state index in [2.05, 4.69) is 5.10 Å². The monoisotopic (exact) mass is 349 g/mol. The Morgan fingerprint density at radius 3 is 2.42 bits per heavy atom. The van der Waals surface area contributed by atoms with Gasteiger partial charge in [0, 0.05) is 31.1 Å². The zero-order chi connectivity index (χ0) is 18.1. The molecule has 6 heteroatoms. The van der Waals surface area contributed by atoms with E-state index in [1.807, 2.05) is 10.7 Å². The highest BCUT2D eigenvalue weighted by Crippen LogP contribution is 2.30. The number of carbonyl (C=O) groups excluding carboxylic acids is 3. The summed E-state index contributed by atoms with van der Waals surface area (Å²) in [5.41, 5.74) is 1.94. The predicted molar refractivity (Wildman–Crippen MR) is 96.5 cm³/mol. The maximum atomic E-state index is 12.4. The smallest absolute Gasteiger partial charge is 0.234 e. The molecule has 132 valence electrons. The number of rotatable bonds is 6. The zero-order valence-electron chi connectivity index (χ0n) is 14.3. The fourth-order valence-electron chi connectivity index (χ4n) is 3.08. The van der Waals surface area contributed by atoms with Crippen molar-refractivity contribution in [3.05, 3.63) is 53.9 Å². The summed E-state index contributed by atoms with van der Waals surface area (Å²) >= 11 is 0. The van der Waals surface area contributed by atoms with Gasteiger partial charge in [-0.3, -0.25) is 24.0 Å². The molecule has 0 radical (unpaired) electrons. The van der Waals surface area contributed by atoms with E-state index in [9.17, 15) is 14.4 Å². The number of benzene rings is 1. The van der Waals surface area contributed by atoms with Crippen molar-refractivity contribution in [2.24, 2.45) is 5.92 Å². The molecule has 1 aromatic heterocycles. The number of nitrogens with zero attached hydrogens (tertiary/aromatic N) is 3. The number of hydrogen-bond acceptors (Lipinski definition) is 4. The predicted octanol–water partition coefficient (Wildman–Crippen LogP) is 2.84. The molecule has 2 aliphatic rings. The molecule has 0 spiro atoms. The van der Waals surface area contributed by atoms with E-state index < -0.39 is 0 Å². The number of amides is 2. The highest BCUT2D eigenvalue weighted by atomic mass is 16.2. The summed E-state index contributed by atoms with van der Waals surface area (Å²) in [5.74, 6) is 0.187. The Morgan fingerprint density at radius 2 is 1.77 bits per heavy atom. The molecule has 2 fully saturated rings. The Bertz CT molecular complexity index is 875. The van der Waals surface area contributed by atoms with Crippen LogP contribution in [0.25, 0.3) is 6.08 Å². The zero-order valence-corrected chi connectivity index (χ0v) is 14.3. The van der Waals surface area contributed by atoms with Gasteiger partial charge in [-0.2, -0.15) is 5.10 Å². The lowest BCUT2D eigenvalue weighted by Crippen LogP contribution is -2.28. The summed E-state index contributed by atoms with van der Waals surface area (Å²) in [5, 5.41) is 4.30. The molecule has 1 aliphatic heterocycles. The summed E-state index contributed by atoms with van der Waals surface area (Å²) in [6, 6.07) is 8.45. The van der Waals surface area contributed by atoms with Gasteiger partial charge in [0.25, 0.3) is 0 Å². The van der Waals surface area contributed by atoms with Gasteiger partial charge in [-0.25, -0.2) is 0 Å². The molecule has 26 heavy (non-hydrogen) atoms. The van der Waals surface area contributed by atoms with E-state index in [1.54, 1.807) is 36.5 Å². The van der Waals surface area contributed by atoms with Crippen molar-refractivity contribution in [1.82, 2.24) is 9.78 Å². The number of aromatic nitrogens is 2. The van der Waals surface area contributed by atoms with E-state index in [1.165, 1.54) is 23.8 Å². The van der Waals surface area contributed by atoms with E-state index in [0.29, 0.717) is 17.2 Å². The highest BCUT2D eigenvalue weighted by Gasteiger charge is 2.30. The number of anilines is 1. The second kappa shape index (κ2) is 6.71. The number of ketones is 1. The second-order valence-corrected chi connectivity index (χ2v) is 6.75. The van der Waals surface area contributed by atoms with Crippen LogP contribution in [-0.4, -0.2) is 27.4 Å². The normalized spacial score (nSPS) is 17.5. The van der Waals surface area contributed by atoms with E-state index in [4.69, 9.17) is 0 Å². The third-order valence-corrected chi connectivity index (χ3v) is 4.74. The molecule has 6 nitrogen and oxygen atoms in total. The van der Waals surface area contributed by atoms with Crippen LogP contribution < -0.4 is 4.90 Å². The van der Waals surface area contributed by atoms with Gasteiger partial charge in [-0.05, 0) is 61.2 Å². The standard InChI is InChI=1S/C20H19N3O3/c24-18(8-7-16-11-12-21-22(16)13-14-1-2-14)15-3-5-17(6-4-15)23-19(25)9-10-20(23)26/h3-8,11-12,14H,1-2,9-10,13H2. The Labute approximate surface area is 151 Å². The van der Waals surface area contributed by atoms with E-state index in [0.717, 1.165) is 12.2 Å². The first-order chi connectivity index (χ1) is 12.6. The van der Waals surface area contributed by atoms with Crippen molar-refractivity contribution in [1.29, 1.82) is 0 Å². The summed E-state index contributed by atoms with van der Waals surface area (Å²) in [6.45, 7) is 0.896. The number of allylic oxidation sites excluding steroid dienone is 1. The third-order valence-electron chi connectivity index (χ3n) is 4.74. The molecule has 1 saturated heterocycles.